The van der Waals surface area contributed by atoms with Crippen LogP contribution in [0.2, 0.25) is 0 Å². The fourth-order valence-corrected chi connectivity index (χ4v) is 3.62. The maximum Gasteiger partial charge on any atom is 0.142 e. The SMILES string of the molecule is N#Cc1c(C2CCOC2)cc(-c2ccc(N3CCOCC3)cc2)nc1N. The van der Waals surface area contributed by atoms with Crippen LogP contribution in [0.15, 0.2) is 30.3 Å². The Bertz CT molecular complexity index is 817. The van der Waals surface area contributed by atoms with Gasteiger partial charge in [0.1, 0.15) is 11.9 Å². The van der Waals surface area contributed by atoms with Gasteiger partial charge in [0, 0.05) is 36.9 Å². The summed E-state index contributed by atoms with van der Waals surface area (Å²) in [5.74, 6) is 0.505. The number of nitrogens with two attached hydrogens (primary N) is 1. The first-order valence-corrected chi connectivity index (χ1v) is 8.97. The quantitative estimate of drug-likeness (QED) is 0.916. The Morgan fingerprint density at radius 2 is 1.88 bits per heavy atom. The van der Waals surface area contributed by atoms with Crippen LogP contribution < -0.4 is 10.6 Å². The molecule has 1 atom stereocenters. The molecule has 134 valence electrons. The first-order valence-electron chi connectivity index (χ1n) is 8.97. The Morgan fingerprint density at radius 1 is 1.12 bits per heavy atom. The third-order valence-electron chi connectivity index (χ3n) is 5.10. The predicted octanol–water partition coefficient (Wildman–Crippen LogP) is 2.54. The Labute approximate surface area is 153 Å². The van der Waals surface area contributed by atoms with Crippen molar-refractivity contribution in [3.05, 3.63) is 41.5 Å². The van der Waals surface area contributed by atoms with Gasteiger partial charge in [0.2, 0.25) is 0 Å². The van der Waals surface area contributed by atoms with E-state index in [-0.39, 0.29) is 5.92 Å². The van der Waals surface area contributed by atoms with Crippen molar-refractivity contribution in [3.8, 4) is 17.3 Å². The van der Waals surface area contributed by atoms with Crippen LogP contribution in [0.3, 0.4) is 0 Å². The zero-order valence-corrected chi connectivity index (χ0v) is 14.6. The molecule has 3 heterocycles. The van der Waals surface area contributed by atoms with E-state index >= 15 is 0 Å². The standard InChI is InChI=1S/C20H22N4O2/c21-12-18-17(15-5-8-26-13-15)11-19(23-20(18)22)14-1-3-16(4-2-14)24-6-9-25-10-7-24/h1-4,11,15H,5-10,13H2,(H2,22,23). The van der Waals surface area contributed by atoms with Gasteiger partial charge in [-0.2, -0.15) is 5.26 Å². The Hall–Kier alpha value is -2.62. The molecule has 2 saturated heterocycles. The summed E-state index contributed by atoms with van der Waals surface area (Å²) in [6, 6.07) is 12.5. The molecule has 26 heavy (non-hydrogen) atoms. The van der Waals surface area contributed by atoms with Gasteiger partial charge in [-0.15, -0.1) is 0 Å². The molecule has 0 aliphatic carbocycles. The summed E-state index contributed by atoms with van der Waals surface area (Å²) in [5.41, 5.74) is 10.5. The fourth-order valence-electron chi connectivity index (χ4n) is 3.62. The molecule has 4 rings (SSSR count). The molecule has 2 fully saturated rings. The molecule has 0 saturated carbocycles. The number of nitrogens with zero attached hydrogens (tertiary/aromatic N) is 3. The second kappa shape index (κ2) is 7.32. The second-order valence-electron chi connectivity index (χ2n) is 6.68. The average molecular weight is 350 g/mol. The van der Waals surface area contributed by atoms with E-state index in [1.807, 2.05) is 6.07 Å². The van der Waals surface area contributed by atoms with E-state index in [9.17, 15) is 5.26 Å². The minimum atomic E-state index is 0.210. The smallest absolute Gasteiger partial charge is 0.142 e. The topological polar surface area (TPSA) is 84.4 Å². The van der Waals surface area contributed by atoms with Crippen molar-refractivity contribution in [1.29, 1.82) is 5.26 Å². The van der Waals surface area contributed by atoms with Gasteiger partial charge >= 0.3 is 0 Å². The van der Waals surface area contributed by atoms with Crippen molar-refractivity contribution in [3.63, 3.8) is 0 Å². The minimum absolute atomic E-state index is 0.210. The van der Waals surface area contributed by atoms with Crippen LogP contribution in [0.1, 0.15) is 23.5 Å². The first kappa shape index (κ1) is 16.8. The molecule has 0 radical (unpaired) electrons. The molecule has 2 aromatic rings. The lowest BCUT2D eigenvalue weighted by molar-refractivity contribution is 0.122. The van der Waals surface area contributed by atoms with Crippen LogP contribution in [0.25, 0.3) is 11.3 Å². The number of rotatable bonds is 3. The molecule has 0 spiro atoms. The van der Waals surface area contributed by atoms with Crippen molar-refractivity contribution < 1.29 is 9.47 Å². The van der Waals surface area contributed by atoms with Crippen LogP contribution in [-0.2, 0) is 9.47 Å². The van der Waals surface area contributed by atoms with E-state index in [4.69, 9.17) is 15.2 Å². The second-order valence-corrected chi connectivity index (χ2v) is 6.68. The maximum absolute atomic E-state index is 9.48. The van der Waals surface area contributed by atoms with E-state index in [1.54, 1.807) is 0 Å². The van der Waals surface area contributed by atoms with Crippen molar-refractivity contribution in [2.75, 3.05) is 50.2 Å². The summed E-state index contributed by atoms with van der Waals surface area (Å²) in [6.07, 6.45) is 0.910. The van der Waals surface area contributed by atoms with Crippen LogP contribution in [0.4, 0.5) is 11.5 Å². The van der Waals surface area contributed by atoms with Gasteiger partial charge in [-0.25, -0.2) is 4.98 Å². The van der Waals surface area contributed by atoms with Crippen molar-refractivity contribution >= 4 is 11.5 Å². The number of nitriles is 1. The highest BCUT2D eigenvalue weighted by molar-refractivity contribution is 5.68. The number of pyridine rings is 1. The molecule has 2 aliphatic rings. The Kier molecular flexibility index (Phi) is 4.74. The predicted molar refractivity (Wildman–Crippen MR) is 100 cm³/mol. The van der Waals surface area contributed by atoms with Crippen LogP contribution in [0, 0.1) is 11.3 Å². The molecular formula is C20H22N4O2. The third-order valence-corrected chi connectivity index (χ3v) is 5.10. The van der Waals surface area contributed by atoms with Crippen LogP contribution in [0.5, 0.6) is 0 Å². The molecule has 2 N–H and O–H groups in total. The largest absolute Gasteiger partial charge is 0.383 e. The summed E-state index contributed by atoms with van der Waals surface area (Å²) in [5, 5.41) is 9.48. The maximum atomic E-state index is 9.48. The van der Waals surface area contributed by atoms with E-state index in [0.29, 0.717) is 18.0 Å². The van der Waals surface area contributed by atoms with Gasteiger partial charge < -0.3 is 20.1 Å². The van der Waals surface area contributed by atoms with Gasteiger partial charge in [0.05, 0.1) is 31.1 Å². The molecule has 2 aliphatic heterocycles. The number of anilines is 2. The molecule has 0 amide bonds. The summed E-state index contributed by atoms with van der Waals surface area (Å²) >= 11 is 0. The molecule has 1 aromatic heterocycles. The molecule has 1 aromatic carbocycles. The van der Waals surface area contributed by atoms with Gasteiger partial charge in [-0.3, -0.25) is 0 Å². The zero-order chi connectivity index (χ0) is 17.9. The fraction of sp³-hybridized carbons (Fsp3) is 0.400. The third kappa shape index (κ3) is 3.24. The summed E-state index contributed by atoms with van der Waals surface area (Å²) < 4.78 is 10.9. The highest BCUT2D eigenvalue weighted by Crippen LogP contribution is 2.33. The summed E-state index contributed by atoms with van der Waals surface area (Å²) in [6.45, 7) is 4.71. The molecule has 6 heteroatoms. The highest BCUT2D eigenvalue weighted by Gasteiger charge is 2.23. The van der Waals surface area contributed by atoms with Crippen molar-refractivity contribution in [2.45, 2.75) is 12.3 Å². The van der Waals surface area contributed by atoms with Gasteiger partial charge in [-0.05, 0) is 30.2 Å². The number of hydrogen-bond acceptors (Lipinski definition) is 6. The van der Waals surface area contributed by atoms with E-state index in [1.165, 1.54) is 5.69 Å². The number of benzene rings is 1. The molecule has 1 unspecified atom stereocenters. The lowest BCUT2D eigenvalue weighted by Crippen LogP contribution is -2.36. The summed E-state index contributed by atoms with van der Waals surface area (Å²) in [7, 11) is 0. The van der Waals surface area contributed by atoms with Crippen LogP contribution in [-0.4, -0.2) is 44.5 Å². The van der Waals surface area contributed by atoms with E-state index < -0.39 is 0 Å². The average Bonchev–Trinajstić information content (AvgIpc) is 3.23. The highest BCUT2D eigenvalue weighted by atomic mass is 16.5. The number of morpholine rings is 1. The van der Waals surface area contributed by atoms with E-state index in [2.05, 4.69) is 40.2 Å². The van der Waals surface area contributed by atoms with Crippen molar-refractivity contribution in [1.82, 2.24) is 4.98 Å². The van der Waals surface area contributed by atoms with Gasteiger partial charge in [0.15, 0.2) is 0 Å². The number of nitrogen functional groups attached to an aromatic ring is 1. The van der Waals surface area contributed by atoms with E-state index in [0.717, 1.165) is 56.2 Å². The number of hydrogen-bond donors (Lipinski definition) is 1. The molecule has 6 nitrogen and oxygen atoms in total. The molecular weight excluding hydrogens is 328 g/mol. The minimum Gasteiger partial charge on any atom is -0.383 e. The number of aromatic nitrogens is 1. The van der Waals surface area contributed by atoms with Crippen molar-refractivity contribution in [2.24, 2.45) is 0 Å². The number of ether oxygens (including phenoxy) is 2. The Balaban J connectivity index is 1.65. The Morgan fingerprint density at radius 3 is 2.54 bits per heavy atom. The lowest BCUT2D eigenvalue weighted by atomic mass is 9.93. The first-order chi connectivity index (χ1) is 12.8. The zero-order valence-electron chi connectivity index (χ0n) is 14.6. The van der Waals surface area contributed by atoms with Gasteiger partial charge in [-0.1, -0.05) is 12.1 Å². The normalized spacial score (nSPS) is 20.1. The van der Waals surface area contributed by atoms with Crippen LogP contribution >= 0.6 is 0 Å². The lowest BCUT2D eigenvalue weighted by Gasteiger charge is -2.28. The summed E-state index contributed by atoms with van der Waals surface area (Å²) in [4.78, 5) is 6.78. The monoisotopic (exact) mass is 350 g/mol. The van der Waals surface area contributed by atoms with Gasteiger partial charge in [0.25, 0.3) is 0 Å². The molecule has 0 bridgehead atoms.